The number of para-hydroxylation sites is 4. The Labute approximate surface area is 211 Å². The molecule has 0 aromatic heterocycles. The molecular weight excluding hydrogens is 482 g/mol. The van der Waals surface area contributed by atoms with Gasteiger partial charge in [0.1, 0.15) is 0 Å². The number of hydrogen-bond acceptors (Lipinski definition) is 2. The van der Waals surface area contributed by atoms with Gasteiger partial charge in [-0.3, -0.25) is 0 Å². The van der Waals surface area contributed by atoms with Crippen LogP contribution in [0.4, 0.5) is 0 Å². The van der Waals surface area contributed by atoms with E-state index in [-0.39, 0.29) is 48.9 Å². The summed E-state index contributed by atoms with van der Waals surface area (Å²) in [7, 11) is 0. The molecule has 0 unspecified atom stereocenters. The van der Waals surface area contributed by atoms with Gasteiger partial charge in [-0.25, -0.2) is 0 Å². The minimum absolute atomic E-state index is 0. The van der Waals surface area contributed by atoms with Crippen LogP contribution in [0.1, 0.15) is 22.3 Å². The van der Waals surface area contributed by atoms with E-state index in [1.54, 1.807) is 0 Å². The molecule has 4 aromatic carbocycles. The van der Waals surface area contributed by atoms with E-state index >= 15 is 0 Å². The molecule has 3 heteroatoms. The number of rotatable bonds is 0. The van der Waals surface area contributed by atoms with Gasteiger partial charge in [0.15, 0.2) is 0 Å². The quantitative estimate of drug-likeness (QED) is 0.178. The first-order valence-electron chi connectivity index (χ1n) is 9.28. The van der Waals surface area contributed by atoms with Crippen molar-refractivity contribution in [1.29, 1.82) is 0 Å². The monoisotopic (exact) mass is 500 g/mol. The predicted octanol–water partition coefficient (Wildman–Crippen LogP) is 6.41. The second kappa shape index (κ2) is 9.08. The van der Waals surface area contributed by atoms with E-state index in [1.807, 2.05) is 72.8 Å². The van der Waals surface area contributed by atoms with Crippen LogP contribution in [0, 0.1) is 12.8 Å². The van der Waals surface area contributed by atoms with Crippen molar-refractivity contribution in [1.82, 2.24) is 0 Å². The van der Waals surface area contributed by atoms with E-state index in [0.29, 0.717) is 0 Å². The van der Waals surface area contributed by atoms with Crippen LogP contribution in [0.25, 0.3) is 0 Å². The summed E-state index contributed by atoms with van der Waals surface area (Å²) in [6, 6.07) is 32.2. The molecule has 2 nitrogen and oxygen atoms in total. The first-order valence-corrected chi connectivity index (χ1v) is 9.28. The first-order chi connectivity index (χ1) is 13.9. The zero-order valence-corrected chi connectivity index (χ0v) is 20.4. The second-order valence-electron chi connectivity index (χ2n) is 6.64. The topological polar surface area (TPSA) is 18.5 Å². The molecule has 2 aliphatic heterocycles. The average molecular weight is 500 g/mol. The van der Waals surface area contributed by atoms with Crippen molar-refractivity contribution in [3.8, 4) is 23.0 Å². The Hall–Kier alpha value is -2.21. The maximum Gasteiger partial charge on any atom is 2.00 e. The standard InChI is InChI=1S/2C13H9O.Ba/c2*1-3-7-12-10(5-1)9-11-6-2-4-8-13(11)14-12;/h2*1-9H;/q2*-1;+2. The van der Waals surface area contributed by atoms with Gasteiger partial charge in [0.2, 0.25) is 0 Å². The molecule has 0 atom stereocenters. The molecule has 0 fully saturated rings. The van der Waals surface area contributed by atoms with Gasteiger partial charge in [-0.1, -0.05) is 95.1 Å². The van der Waals surface area contributed by atoms with Crippen molar-refractivity contribution in [2.45, 2.75) is 0 Å². The summed E-state index contributed by atoms with van der Waals surface area (Å²) >= 11 is 0. The fourth-order valence-electron chi connectivity index (χ4n) is 3.34. The van der Waals surface area contributed by atoms with E-state index in [4.69, 9.17) is 9.47 Å². The van der Waals surface area contributed by atoms with Crippen molar-refractivity contribution in [3.05, 3.63) is 132 Å². The zero-order chi connectivity index (χ0) is 18.8. The number of fused-ring (bicyclic) bond motifs is 4. The van der Waals surface area contributed by atoms with Gasteiger partial charge in [-0.2, -0.15) is 0 Å². The van der Waals surface area contributed by atoms with Crippen LogP contribution in [-0.2, 0) is 0 Å². The molecule has 0 N–H and O–H groups in total. The van der Waals surface area contributed by atoms with Crippen molar-refractivity contribution in [3.63, 3.8) is 0 Å². The molecule has 0 saturated heterocycles. The minimum atomic E-state index is 0. The average Bonchev–Trinajstić information content (AvgIpc) is 2.76. The normalized spacial score (nSPS) is 11.6. The fourth-order valence-corrected chi connectivity index (χ4v) is 3.34. The Kier molecular flexibility index (Phi) is 6.28. The number of hydrogen-bond donors (Lipinski definition) is 0. The van der Waals surface area contributed by atoms with Gasteiger partial charge in [0.25, 0.3) is 0 Å². The smallest absolute Gasteiger partial charge is 0.527 e. The maximum absolute atomic E-state index is 5.75. The van der Waals surface area contributed by atoms with Crippen molar-refractivity contribution < 1.29 is 9.47 Å². The van der Waals surface area contributed by atoms with E-state index < -0.39 is 0 Å². The molecule has 0 spiro atoms. The molecular formula is C26H18BaO2. The van der Waals surface area contributed by atoms with Crippen LogP contribution in [0.5, 0.6) is 23.0 Å². The first kappa shape index (κ1) is 20.1. The van der Waals surface area contributed by atoms with E-state index in [1.165, 1.54) is 0 Å². The van der Waals surface area contributed by atoms with Gasteiger partial charge in [0.05, 0.1) is 23.0 Å². The SMILES string of the molecule is [Ba+2].c1ccc2c(c1)[CH-]c1ccccc1O2.c1ccc2c(c1)[CH-]c1ccccc1O2. The van der Waals surface area contributed by atoms with E-state index in [0.717, 1.165) is 45.3 Å². The Morgan fingerprint density at radius 2 is 0.621 bits per heavy atom. The number of benzene rings is 4. The van der Waals surface area contributed by atoms with E-state index in [9.17, 15) is 0 Å². The van der Waals surface area contributed by atoms with Gasteiger partial charge in [-0.15, -0.1) is 37.1 Å². The van der Waals surface area contributed by atoms with Crippen LogP contribution in [0.15, 0.2) is 97.1 Å². The molecule has 0 aliphatic carbocycles. The summed E-state index contributed by atoms with van der Waals surface area (Å²) in [6.07, 6.45) is 4.29. The molecule has 2 aliphatic rings. The fraction of sp³-hybridized carbons (Fsp3) is 0. The van der Waals surface area contributed by atoms with Gasteiger partial charge >= 0.3 is 48.9 Å². The summed E-state index contributed by atoms with van der Waals surface area (Å²) in [5, 5.41) is 0. The van der Waals surface area contributed by atoms with Crippen LogP contribution in [0.2, 0.25) is 0 Å². The van der Waals surface area contributed by atoms with Crippen LogP contribution >= 0.6 is 0 Å². The molecule has 0 saturated carbocycles. The van der Waals surface area contributed by atoms with Crippen LogP contribution in [-0.4, -0.2) is 48.9 Å². The Bertz CT molecular complexity index is 871. The number of ether oxygens (including phenoxy) is 2. The summed E-state index contributed by atoms with van der Waals surface area (Å²) in [6.45, 7) is 0. The molecule has 2 heterocycles. The van der Waals surface area contributed by atoms with Gasteiger partial charge < -0.3 is 9.47 Å². The zero-order valence-electron chi connectivity index (χ0n) is 15.9. The third-order valence-corrected chi connectivity index (χ3v) is 4.74. The van der Waals surface area contributed by atoms with Gasteiger partial charge in [0, 0.05) is 0 Å². The Balaban J connectivity index is 0.000000137. The molecule has 4 aromatic rings. The second-order valence-corrected chi connectivity index (χ2v) is 6.64. The van der Waals surface area contributed by atoms with Crippen LogP contribution in [0.3, 0.4) is 0 Å². The minimum Gasteiger partial charge on any atom is -0.527 e. The Morgan fingerprint density at radius 3 is 0.897 bits per heavy atom. The van der Waals surface area contributed by atoms with Crippen LogP contribution < -0.4 is 9.47 Å². The summed E-state index contributed by atoms with van der Waals surface area (Å²) in [5.74, 6) is 3.75. The van der Waals surface area contributed by atoms with Crippen molar-refractivity contribution in [2.24, 2.45) is 0 Å². The third-order valence-electron chi connectivity index (χ3n) is 4.74. The van der Waals surface area contributed by atoms with Gasteiger partial charge in [-0.05, 0) is 0 Å². The molecule has 6 rings (SSSR count). The van der Waals surface area contributed by atoms with Crippen molar-refractivity contribution >= 4 is 48.9 Å². The van der Waals surface area contributed by atoms with E-state index in [2.05, 4.69) is 37.1 Å². The molecule has 0 radical (unpaired) electrons. The molecule has 0 amide bonds. The summed E-state index contributed by atoms with van der Waals surface area (Å²) in [5.41, 5.74) is 4.58. The van der Waals surface area contributed by atoms with Crippen molar-refractivity contribution in [2.75, 3.05) is 0 Å². The molecule has 29 heavy (non-hydrogen) atoms. The third kappa shape index (κ3) is 4.37. The largest absolute Gasteiger partial charge is 2.00 e. The summed E-state index contributed by atoms with van der Waals surface area (Å²) in [4.78, 5) is 0. The Morgan fingerprint density at radius 1 is 0.379 bits per heavy atom. The maximum atomic E-state index is 5.75. The molecule has 0 bridgehead atoms. The predicted molar refractivity (Wildman–Crippen MR) is 117 cm³/mol. The summed E-state index contributed by atoms with van der Waals surface area (Å²) < 4.78 is 11.5. The molecule has 136 valence electrons.